The van der Waals surface area contributed by atoms with Crippen molar-refractivity contribution < 1.29 is 19.0 Å². The molecule has 3 aromatic rings. The molecule has 27 heavy (non-hydrogen) atoms. The van der Waals surface area contributed by atoms with Gasteiger partial charge in [-0.1, -0.05) is 6.07 Å². The van der Waals surface area contributed by atoms with E-state index in [-0.39, 0.29) is 18.4 Å². The molecule has 0 bridgehead atoms. The Bertz CT molecular complexity index is 955. The first-order valence-electron chi connectivity index (χ1n) is 8.21. The van der Waals surface area contributed by atoms with Crippen LogP contribution in [-0.4, -0.2) is 35.2 Å². The molecule has 0 fully saturated rings. The van der Waals surface area contributed by atoms with Crippen LogP contribution in [0.15, 0.2) is 42.5 Å². The topological polar surface area (TPSA) is 110 Å². The second-order valence-electron chi connectivity index (χ2n) is 5.74. The lowest BCUT2D eigenvalue weighted by atomic mass is 10.2. The number of hydrogen-bond acceptors (Lipinski definition) is 7. The molecule has 0 saturated carbocycles. The van der Waals surface area contributed by atoms with Gasteiger partial charge in [-0.05, 0) is 42.0 Å². The summed E-state index contributed by atoms with van der Waals surface area (Å²) < 4.78 is 15.7. The Labute approximate surface area is 154 Å². The van der Waals surface area contributed by atoms with Gasteiger partial charge in [-0.3, -0.25) is 4.79 Å². The molecule has 0 atom stereocenters. The maximum Gasteiger partial charge on any atom is 0.275 e. The SMILES string of the molecule is COc1ccc(Nc2n[nH]nc2C(=O)NCc2ccc3c(c2)OCO3)cc1. The summed E-state index contributed by atoms with van der Waals surface area (Å²) in [6.45, 7) is 0.536. The van der Waals surface area contributed by atoms with E-state index in [1.54, 1.807) is 7.11 Å². The van der Waals surface area contributed by atoms with Gasteiger partial charge in [0.25, 0.3) is 5.91 Å². The van der Waals surface area contributed by atoms with Crippen LogP contribution in [0, 0.1) is 0 Å². The molecule has 9 nitrogen and oxygen atoms in total. The monoisotopic (exact) mass is 367 g/mol. The number of fused-ring (bicyclic) bond motifs is 1. The summed E-state index contributed by atoms with van der Waals surface area (Å²) in [5, 5.41) is 16.3. The van der Waals surface area contributed by atoms with Gasteiger partial charge in [0.05, 0.1) is 7.11 Å². The van der Waals surface area contributed by atoms with Crippen molar-refractivity contribution >= 4 is 17.4 Å². The molecule has 0 radical (unpaired) electrons. The molecule has 3 N–H and O–H groups in total. The van der Waals surface area contributed by atoms with E-state index in [0.717, 1.165) is 17.0 Å². The standard InChI is InChI=1S/C18H17N5O4/c1-25-13-5-3-12(4-6-13)20-17-16(21-23-22-17)18(24)19-9-11-2-7-14-15(8-11)27-10-26-14/h2-8H,9-10H2,1H3,(H,19,24)(H2,20,21,22,23). The van der Waals surface area contributed by atoms with Crippen LogP contribution >= 0.6 is 0 Å². The fourth-order valence-corrected chi connectivity index (χ4v) is 2.60. The third-order valence-electron chi connectivity index (χ3n) is 4.01. The van der Waals surface area contributed by atoms with Crippen LogP contribution < -0.4 is 24.8 Å². The number of anilines is 2. The van der Waals surface area contributed by atoms with Crippen LogP contribution in [0.5, 0.6) is 17.2 Å². The van der Waals surface area contributed by atoms with E-state index in [1.807, 2.05) is 42.5 Å². The summed E-state index contributed by atoms with van der Waals surface area (Å²) in [6, 6.07) is 12.8. The van der Waals surface area contributed by atoms with Crippen LogP contribution in [-0.2, 0) is 6.54 Å². The highest BCUT2D eigenvalue weighted by atomic mass is 16.7. The van der Waals surface area contributed by atoms with Crippen molar-refractivity contribution in [1.29, 1.82) is 0 Å². The van der Waals surface area contributed by atoms with E-state index in [1.165, 1.54) is 0 Å². The molecule has 0 unspecified atom stereocenters. The summed E-state index contributed by atoms with van der Waals surface area (Å²) >= 11 is 0. The first-order valence-corrected chi connectivity index (χ1v) is 8.21. The van der Waals surface area contributed by atoms with Crippen LogP contribution in [0.1, 0.15) is 16.1 Å². The minimum atomic E-state index is -0.350. The van der Waals surface area contributed by atoms with Gasteiger partial charge in [-0.25, -0.2) is 0 Å². The molecule has 1 amide bonds. The molecular weight excluding hydrogens is 350 g/mol. The lowest BCUT2D eigenvalue weighted by Crippen LogP contribution is -2.24. The van der Waals surface area contributed by atoms with E-state index in [9.17, 15) is 4.79 Å². The van der Waals surface area contributed by atoms with Gasteiger partial charge in [0.2, 0.25) is 6.79 Å². The number of nitrogens with zero attached hydrogens (tertiary/aromatic N) is 2. The summed E-state index contributed by atoms with van der Waals surface area (Å²) in [5.41, 5.74) is 1.82. The van der Waals surface area contributed by atoms with Gasteiger partial charge in [0.15, 0.2) is 23.0 Å². The zero-order valence-corrected chi connectivity index (χ0v) is 14.5. The zero-order chi connectivity index (χ0) is 18.6. The molecule has 1 aliphatic rings. The predicted molar refractivity (Wildman–Crippen MR) is 96.4 cm³/mol. The van der Waals surface area contributed by atoms with Gasteiger partial charge in [-0.2, -0.15) is 5.21 Å². The minimum Gasteiger partial charge on any atom is -0.497 e. The Morgan fingerprint density at radius 2 is 1.96 bits per heavy atom. The second kappa shape index (κ2) is 7.24. The van der Waals surface area contributed by atoms with Gasteiger partial charge in [0.1, 0.15) is 5.75 Å². The van der Waals surface area contributed by atoms with Crippen molar-refractivity contribution in [3.05, 3.63) is 53.7 Å². The zero-order valence-electron chi connectivity index (χ0n) is 14.5. The number of aromatic amines is 1. The van der Waals surface area contributed by atoms with Gasteiger partial charge >= 0.3 is 0 Å². The molecule has 2 heterocycles. The Hall–Kier alpha value is -3.75. The summed E-state index contributed by atoms with van der Waals surface area (Å²) in [6.07, 6.45) is 0. The molecule has 9 heteroatoms. The highest BCUT2D eigenvalue weighted by Gasteiger charge is 2.18. The number of rotatable bonds is 6. The molecule has 1 aromatic heterocycles. The normalized spacial score (nSPS) is 11.9. The lowest BCUT2D eigenvalue weighted by molar-refractivity contribution is 0.0946. The number of amides is 1. The van der Waals surface area contributed by atoms with Crippen molar-refractivity contribution in [2.45, 2.75) is 6.54 Å². The maximum atomic E-state index is 12.5. The molecule has 0 saturated heterocycles. The number of hydrogen-bond donors (Lipinski definition) is 3. The Morgan fingerprint density at radius 3 is 2.78 bits per heavy atom. The Balaban J connectivity index is 1.41. The van der Waals surface area contributed by atoms with Crippen molar-refractivity contribution in [2.75, 3.05) is 19.2 Å². The first kappa shape index (κ1) is 16.7. The van der Waals surface area contributed by atoms with Crippen LogP contribution in [0.4, 0.5) is 11.5 Å². The maximum absolute atomic E-state index is 12.5. The number of carbonyl (C=O) groups excluding carboxylic acids is 1. The largest absolute Gasteiger partial charge is 0.497 e. The number of ether oxygens (including phenoxy) is 3. The highest BCUT2D eigenvalue weighted by molar-refractivity contribution is 5.97. The first-order chi connectivity index (χ1) is 13.2. The van der Waals surface area contributed by atoms with E-state index >= 15 is 0 Å². The van der Waals surface area contributed by atoms with Gasteiger partial charge in [-0.15, -0.1) is 10.2 Å². The number of aromatic nitrogens is 3. The van der Waals surface area contributed by atoms with Crippen molar-refractivity contribution in [1.82, 2.24) is 20.7 Å². The number of benzene rings is 2. The second-order valence-corrected chi connectivity index (χ2v) is 5.74. The molecule has 0 spiro atoms. The third kappa shape index (κ3) is 3.61. The van der Waals surface area contributed by atoms with Crippen molar-refractivity contribution in [2.24, 2.45) is 0 Å². The van der Waals surface area contributed by atoms with Crippen LogP contribution in [0.3, 0.4) is 0 Å². The van der Waals surface area contributed by atoms with Crippen molar-refractivity contribution in [3.8, 4) is 17.2 Å². The van der Waals surface area contributed by atoms with E-state index in [0.29, 0.717) is 23.9 Å². The fraction of sp³-hybridized carbons (Fsp3) is 0.167. The molecule has 2 aromatic carbocycles. The lowest BCUT2D eigenvalue weighted by Gasteiger charge is -2.07. The quantitative estimate of drug-likeness (QED) is 0.613. The summed E-state index contributed by atoms with van der Waals surface area (Å²) in [4.78, 5) is 12.5. The summed E-state index contributed by atoms with van der Waals surface area (Å²) in [7, 11) is 1.60. The minimum absolute atomic E-state index is 0.173. The molecule has 1 aliphatic heterocycles. The Morgan fingerprint density at radius 1 is 1.15 bits per heavy atom. The van der Waals surface area contributed by atoms with E-state index in [2.05, 4.69) is 26.0 Å². The van der Waals surface area contributed by atoms with Crippen molar-refractivity contribution in [3.63, 3.8) is 0 Å². The summed E-state index contributed by atoms with van der Waals surface area (Å²) in [5.74, 6) is 2.10. The van der Waals surface area contributed by atoms with Crippen LogP contribution in [0.25, 0.3) is 0 Å². The van der Waals surface area contributed by atoms with Gasteiger partial charge in [0, 0.05) is 12.2 Å². The van der Waals surface area contributed by atoms with Gasteiger partial charge < -0.3 is 24.8 Å². The predicted octanol–water partition coefficient (Wildman–Crippen LogP) is 2.22. The molecular formula is C18H17N5O4. The number of nitrogens with one attached hydrogen (secondary N) is 3. The smallest absolute Gasteiger partial charge is 0.275 e. The number of H-pyrrole nitrogens is 1. The van der Waals surface area contributed by atoms with Crippen LogP contribution in [0.2, 0.25) is 0 Å². The fourth-order valence-electron chi connectivity index (χ4n) is 2.60. The number of carbonyl (C=O) groups is 1. The molecule has 138 valence electrons. The average molecular weight is 367 g/mol. The Kier molecular flexibility index (Phi) is 4.48. The van der Waals surface area contributed by atoms with E-state index in [4.69, 9.17) is 14.2 Å². The van der Waals surface area contributed by atoms with E-state index < -0.39 is 0 Å². The molecule has 0 aliphatic carbocycles. The third-order valence-corrected chi connectivity index (χ3v) is 4.01. The molecule has 4 rings (SSSR count). The highest BCUT2D eigenvalue weighted by Crippen LogP contribution is 2.32. The number of methoxy groups -OCH3 is 1. The average Bonchev–Trinajstić information content (AvgIpc) is 3.35.